The Balaban J connectivity index is 2.29. The van der Waals surface area contributed by atoms with Gasteiger partial charge in [-0.3, -0.25) is 4.79 Å². The molecule has 0 radical (unpaired) electrons. The monoisotopic (exact) mass is 322 g/mol. The molecule has 1 aliphatic rings. The molecule has 1 aliphatic carbocycles. The zero-order chi connectivity index (χ0) is 16.1. The number of benzene rings is 1. The summed E-state index contributed by atoms with van der Waals surface area (Å²) in [6.45, 7) is 2.59. The Hall–Kier alpha value is -1.93. The van der Waals surface area contributed by atoms with Crippen LogP contribution in [0.4, 0.5) is 0 Å². The normalized spacial score (nSPS) is 13.4. The largest absolute Gasteiger partial charge is 0.493 e. The highest BCUT2D eigenvalue weighted by molar-refractivity contribution is 6.32. The van der Waals surface area contributed by atoms with Gasteiger partial charge in [0.05, 0.1) is 24.8 Å². The number of halogens is 1. The van der Waals surface area contributed by atoms with E-state index >= 15 is 0 Å². The van der Waals surface area contributed by atoms with Gasteiger partial charge in [-0.15, -0.1) is 0 Å². The highest BCUT2D eigenvalue weighted by Crippen LogP contribution is 2.37. The molecule has 1 amide bonds. The van der Waals surface area contributed by atoms with Crippen molar-refractivity contribution in [3.05, 3.63) is 22.7 Å². The summed E-state index contributed by atoms with van der Waals surface area (Å²) in [7, 11) is 1.51. The highest BCUT2D eigenvalue weighted by atomic mass is 35.5. The first-order valence-corrected chi connectivity index (χ1v) is 7.68. The van der Waals surface area contributed by atoms with Crippen LogP contribution in [-0.2, 0) is 0 Å². The van der Waals surface area contributed by atoms with Gasteiger partial charge in [0.1, 0.15) is 6.54 Å². The van der Waals surface area contributed by atoms with E-state index in [-0.39, 0.29) is 18.5 Å². The number of carbonyl (C=O) groups is 1. The third-order valence-corrected chi connectivity index (χ3v) is 3.70. The molecule has 2 rings (SSSR count). The topological polar surface area (TPSA) is 62.6 Å². The van der Waals surface area contributed by atoms with Crippen molar-refractivity contribution in [1.82, 2.24) is 4.90 Å². The lowest BCUT2D eigenvalue weighted by molar-refractivity contribution is 0.0764. The summed E-state index contributed by atoms with van der Waals surface area (Å²) in [6, 6.07) is 5.39. The molecule has 118 valence electrons. The minimum absolute atomic E-state index is 0.0809. The molecule has 0 unspecified atom stereocenters. The van der Waals surface area contributed by atoms with E-state index in [0.717, 1.165) is 19.3 Å². The molecule has 1 aromatic rings. The molecule has 0 bridgehead atoms. The Kier molecular flexibility index (Phi) is 5.51. The number of nitriles is 1. The zero-order valence-electron chi connectivity index (χ0n) is 12.8. The second-order valence-corrected chi connectivity index (χ2v) is 5.57. The lowest BCUT2D eigenvalue weighted by atomic mass is 10.1. The summed E-state index contributed by atoms with van der Waals surface area (Å²) in [4.78, 5) is 14.2. The van der Waals surface area contributed by atoms with E-state index in [1.165, 1.54) is 7.11 Å². The van der Waals surface area contributed by atoms with E-state index in [0.29, 0.717) is 28.7 Å². The van der Waals surface area contributed by atoms with Crippen LogP contribution in [0.2, 0.25) is 5.02 Å². The SMILES string of the molecule is CCCOc1c(Cl)cc(C(=O)N(CC#N)C2CC2)cc1OC. The molecule has 5 nitrogen and oxygen atoms in total. The summed E-state index contributed by atoms with van der Waals surface area (Å²) < 4.78 is 10.9. The number of hydrogen-bond donors (Lipinski definition) is 0. The van der Waals surface area contributed by atoms with Crippen LogP contribution in [0.5, 0.6) is 11.5 Å². The zero-order valence-corrected chi connectivity index (χ0v) is 13.5. The number of hydrogen-bond acceptors (Lipinski definition) is 4. The number of amides is 1. The molecule has 0 N–H and O–H groups in total. The molecule has 0 atom stereocenters. The van der Waals surface area contributed by atoms with Crippen molar-refractivity contribution in [2.24, 2.45) is 0 Å². The summed E-state index contributed by atoms with van der Waals surface area (Å²) in [5.41, 5.74) is 0.410. The van der Waals surface area contributed by atoms with Crippen LogP contribution < -0.4 is 9.47 Å². The first-order valence-electron chi connectivity index (χ1n) is 7.30. The van der Waals surface area contributed by atoms with Crippen molar-refractivity contribution in [3.8, 4) is 17.6 Å². The lowest BCUT2D eigenvalue weighted by Gasteiger charge is -2.20. The van der Waals surface area contributed by atoms with Crippen molar-refractivity contribution in [3.63, 3.8) is 0 Å². The maximum atomic E-state index is 12.6. The quantitative estimate of drug-likeness (QED) is 0.723. The highest BCUT2D eigenvalue weighted by Gasteiger charge is 2.33. The van der Waals surface area contributed by atoms with Gasteiger partial charge < -0.3 is 14.4 Å². The van der Waals surface area contributed by atoms with Gasteiger partial charge in [-0.2, -0.15) is 5.26 Å². The van der Waals surface area contributed by atoms with E-state index < -0.39 is 0 Å². The third kappa shape index (κ3) is 3.63. The van der Waals surface area contributed by atoms with Crippen LogP contribution in [0.15, 0.2) is 12.1 Å². The van der Waals surface area contributed by atoms with Crippen molar-refractivity contribution < 1.29 is 14.3 Å². The van der Waals surface area contributed by atoms with Crippen LogP contribution in [0.25, 0.3) is 0 Å². The molecule has 22 heavy (non-hydrogen) atoms. The van der Waals surface area contributed by atoms with Crippen LogP contribution in [0.1, 0.15) is 36.5 Å². The van der Waals surface area contributed by atoms with E-state index in [1.807, 2.05) is 13.0 Å². The van der Waals surface area contributed by atoms with Crippen molar-refractivity contribution in [2.45, 2.75) is 32.2 Å². The van der Waals surface area contributed by atoms with E-state index in [9.17, 15) is 4.79 Å². The van der Waals surface area contributed by atoms with Gasteiger partial charge in [-0.25, -0.2) is 0 Å². The first-order chi connectivity index (χ1) is 10.6. The van der Waals surface area contributed by atoms with Gasteiger partial charge in [0, 0.05) is 11.6 Å². The summed E-state index contributed by atoms with van der Waals surface area (Å²) in [5, 5.41) is 9.23. The summed E-state index contributed by atoms with van der Waals surface area (Å²) >= 11 is 6.23. The molecule has 0 aliphatic heterocycles. The summed E-state index contributed by atoms with van der Waals surface area (Å²) in [6.07, 6.45) is 2.73. The fourth-order valence-corrected chi connectivity index (χ4v) is 2.45. The molecule has 6 heteroatoms. The van der Waals surface area contributed by atoms with Gasteiger partial charge in [0.25, 0.3) is 5.91 Å². The van der Waals surface area contributed by atoms with E-state index in [1.54, 1.807) is 17.0 Å². The van der Waals surface area contributed by atoms with Gasteiger partial charge >= 0.3 is 0 Å². The smallest absolute Gasteiger partial charge is 0.255 e. The molecule has 0 aromatic heterocycles. The minimum atomic E-state index is -0.203. The van der Waals surface area contributed by atoms with Gasteiger partial charge in [0.15, 0.2) is 11.5 Å². The Morgan fingerprint density at radius 2 is 2.23 bits per heavy atom. The first kappa shape index (κ1) is 16.4. The van der Waals surface area contributed by atoms with Crippen LogP contribution >= 0.6 is 11.6 Å². The molecule has 1 saturated carbocycles. The van der Waals surface area contributed by atoms with Crippen molar-refractivity contribution >= 4 is 17.5 Å². The van der Waals surface area contributed by atoms with Gasteiger partial charge in [-0.1, -0.05) is 18.5 Å². The number of carbonyl (C=O) groups excluding carboxylic acids is 1. The van der Waals surface area contributed by atoms with E-state index in [2.05, 4.69) is 0 Å². The molecule has 1 fully saturated rings. The average molecular weight is 323 g/mol. The number of rotatable bonds is 7. The standard InChI is InChI=1S/C16H19ClN2O3/c1-3-8-22-15-13(17)9-11(10-14(15)21-2)16(20)19(7-6-18)12-4-5-12/h9-10,12H,3-5,7-8H2,1-2H3. The second-order valence-electron chi connectivity index (χ2n) is 5.16. The molecular weight excluding hydrogens is 304 g/mol. The van der Waals surface area contributed by atoms with Gasteiger partial charge in [0.2, 0.25) is 0 Å². The maximum Gasteiger partial charge on any atom is 0.255 e. The van der Waals surface area contributed by atoms with Crippen LogP contribution in [0.3, 0.4) is 0 Å². The maximum absolute atomic E-state index is 12.6. The predicted octanol–water partition coefficient (Wildman–Crippen LogP) is 3.27. The number of nitrogens with zero attached hydrogens (tertiary/aromatic N) is 2. The molecular formula is C16H19ClN2O3. The average Bonchev–Trinajstić information content (AvgIpc) is 3.34. The molecule has 0 saturated heterocycles. The predicted molar refractivity (Wildman–Crippen MR) is 83.5 cm³/mol. The Labute approximate surface area is 135 Å². The van der Waals surface area contributed by atoms with E-state index in [4.69, 9.17) is 26.3 Å². The fourth-order valence-electron chi connectivity index (χ4n) is 2.18. The van der Waals surface area contributed by atoms with Crippen LogP contribution in [0, 0.1) is 11.3 Å². The molecule has 0 spiro atoms. The minimum Gasteiger partial charge on any atom is -0.493 e. The number of methoxy groups -OCH3 is 1. The second kappa shape index (κ2) is 7.37. The van der Waals surface area contributed by atoms with Crippen LogP contribution in [-0.4, -0.2) is 37.1 Å². The Morgan fingerprint density at radius 3 is 2.77 bits per heavy atom. The number of ether oxygens (including phenoxy) is 2. The van der Waals surface area contributed by atoms with Gasteiger partial charge in [-0.05, 0) is 31.4 Å². The third-order valence-electron chi connectivity index (χ3n) is 3.42. The Bertz CT molecular complexity index is 594. The fraction of sp³-hybridized carbons (Fsp3) is 0.500. The van der Waals surface area contributed by atoms with Crippen molar-refractivity contribution in [1.29, 1.82) is 5.26 Å². The molecule has 0 heterocycles. The lowest BCUT2D eigenvalue weighted by Crippen LogP contribution is -2.33. The Morgan fingerprint density at radius 1 is 1.50 bits per heavy atom. The summed E-state index contributed by atoms with van der Waals surface area (Å²) in [5.74, 6) is 0.670. The van der Waals surface area contributed by atoms with Crippen molar-refractivity contribution in [2.75, 3.05) is 20.3 Å². The molecule has 1 aromatic carbocycles.